The molecule has 3 heteroatoms. The Morgan fingerprint density at radius 3 is 2.22 bits per heavy atom. The van der Waals surface area contributed by atoms with Crippen molar-refractivity contribution in [3.8, 4) is 12.1 Å². The smallest absolute Gasteiger partial charge is 0.195 e. The maximum Gasteiger partial charge on any atom is 0.196 e. The van der Waals surface area contributed by atoms with Crippen LogP contribution in [0.3, 0.4) is 0 Å². The first-order chi connectivity index (χ1) is 11.2. The summed E-state index contributed by atoms with van der Waals surface area (Å²) >= 11 is 0. The second-order valence-corrected chi connectivity index (χ2v) is 6.48. The Hall–Kier alpha value is -2.13. The predicted octanol–water partition coefficient (Wildman–Crippen LogP) is 5.45. The molecule has 120 valence electrons. The van der Waals surface area contributed by atoms with Crippen molar-refractivity contribution in [3.63, 3.8) is 0 Å². The first-order valence-electron chi connectivity index (χ1n) is 8.46. The minimum Gasteiger partial charge on any atom is -0.195 e. The molecular weight excluding hydrogens is 287 g/mol. The van der Waals surface area contributed by atoms with Crippen molar-refractivity contribution in [1.29, 1.82) is 10.5 Å². The number of allylic oxidation sites excluding steroid dienone is 2. The van der Waals surface area contributed by atoms with Gasteiger partial charge in [0.2, 0.25) is 0 Å². The lowest BCUT2D eigenvalue weighted by molar-refractivity contribution is 0.254. The molecule has 0 unspecified atom stereocenters. The SMILES string of the molecule is N#CC(F)=CCC[C@H]1CC[C@H](CCc2ccc(C#N)cc2)CC1. The normalized spacial score (nSPS) is 21.4. The van der Waals surface area contributed by atoms with Crippen LogP contribution >= 0.6 is 0 Å². The van der Waals surface area contributed by atoms with E-state index in [9.17, 15) is 4.39 Å². The summed E-state index contributed by atoms with van der Waals surface area (Å²) in [5, 5.41) is 17.2. The van der Waals surface area contributed by atoms with Crippen LogP contribution in [-0.4, -0.2) is 0 Å². The van der Waals surface area contributed by atoms with Gasteiger partial charge in [-0.1, -0.05) is 37.8 Å². The number of hydrogen-bond acceptors (Lipinski definition) is 2. The van der Waals surface area contributed by atoms with Crippen LogP contribution in [0.1, 0.15) is 56.1 Å². The van der Waals surface area contributed by atoms with Gasteiger partial charge in [-0.15, -0.1) is 0 Å². The van der Waals surface area contributed by atoms with Gasteiger partial charge in [0.05, 0.1) is 11.6 Å². The molecule has 1 aliphatic rings. The first kappa shape index (κ1) is 17.2. The third kappa shape index (κ3) is 5.87. The minimum absolute atomic E-state index is 0.652. The number of rotatable bonds is 6. The van der Waals surface area contributed by atoms with Gasteiger partial charge in [0.1, 0.15) is 6.07 Å². The molecule has 0 spiro atoms. The minimum atomic E-state index is -0.652. The summed E-state index contributed by atoms with van der Waals surface area (Å²) in [6.07, 6.45) is 10.3. The average molecular weight is 310 g/mol. The van der Waals surface area contributed by atoms with Gasteiger partial charge in [-0.25, -0.2) is 0 Å². The fraction of sp³-hybridized carbons (Fsp3) is 0.500. The van der Waals surface area contributed by atoms with Gasteiger partial charge in [0.15, 0.2) is 5.83 Å². The Kier molecular flexibility index (Phi) is 6.82. The lowest BCUT2D eigenvalue weighted by atomic mass is 9.78. The zero-order valence-electron chi connectivity index (χ0n) is 13.5. The largest absolute Gasteiger partial charge is 0.196 e. The molecule has 23 heavy (non-hydrogen) atoms. The van der Waals surface area contributed by atoms with Crippen molar-refractivity contribution in [2.45, 2.75) is 51.4 Å². The van der Waals surface area contributed by atoms with Crippen molar-refractivity contribution in [2.75, 3.05) is 0 Å². The van der Waals surface area contributed by atoms with Crippen molar-refractivity contribution >= 4 is 0 Å². The number of nitrogens with zero attached hydrogens (tertiary/aromatic N) is 2. The Labute approximate surface area is 138 Å². The van der Waals surface area contributed by atoms with E-state index in [1.54, 1.807) is 0 Å². The predicted molar refractivity (Wildman–Crippen MR) is 89.0 cm³/mol. The quantitative estimate of drug-likeness (QED) is 0.655. The van der Waals surface area contributed by atoms with E-state index in [1.807, 2.05) is 12.1 Å². The number of halogens is 1. The molecule has 1 aliphatic carbocycles. The van der Waals surface area contributed by atoms with E-state index in [1.165, 1.54) is 49.8 Å². The van der Waals surface area contributed by atoms with Crippen LogP contribution in [0.25, 0.3) is 0 Å². The highest BCUT2D eigenvalue weighted by Gasteiger charge is 2.20. The molecule has 1 fully saturated rings. The molecule has 0 heterocycles. The van der Waals surface area contributed by atoms with Crippen LogP contribution in [0, 0.1) is 34.5 Å². The van der Waals surface area contributed by atoms with Crippen LogP contribution in [0.2, 0.25) is 0 Å². The van der Waals surface area contributed by atoms with Crippen molar-refractivity contribution in [2.24, 2.45) is 11.8 Å². The van der Waals surface area contributed by atoms with Crippen molar-refractivity contribution in [1.82, 2.24) is 0 Å². The van der Waals surface area contributed by atoms with E-state index in [0.717, 1.165) is 24.3 Å². The molecule has 2 rings (SSSR count). The van der Waals surface area contributed by atoms with Gasteiger partial charge in [-0.2, -0.15) is 14.9 Å². The molecule has 0 aromatic heterocycles. The Balaban J connectivity index is 1.66. The topological polar surface area (TPSA) is 47.6 Å². The fourth-order valence-electron chi connectivity index (χ4n) is 3.42. The number of hydrogen-bond donors (Lipinski definition) is 0. The lowest BCUT2D eigenvalue weighted by Gasteiger charge is -2.28. The van der Waals surface area contributed by atoms with Crippen LogP contribution in [0.4, 0.5) is 4.39 Å². The van der Waals surface area contributed by atoms with E-state index < -0.39 is 5.83 Å². The number of nitriles is 2. The molecule has 0 radical (unpaired) electrons. The maximum atomic E-state index is 12.7. The standard InChI is InChI=1S/C20H23FN2/c21-20(15-23)3-1-2-16-4-6-17(7-5-16)8-9-18-10-12-19(14-22)13-11-18/h3,10-13,16-17H,1-2,4-9H2/t16-,17-. The van der Waals surface area contributed by atoms with Gasteiger partial charge < -0.3 is 0 Å². The average Bonchev–Trinajstić information content (AvgIpc) is 2.61. The summed E-state index contributed by atoms with van der Waals surface area (Å²) < 4.78 is 12.7. The Morgan fingerprint density at radius 2 is 1.65 bits per heavy atom. The molecule has 0 amide bonds. The molecule has 0 bridgehead atoms. The van der Waals surface area contributed by atoms with Gasteiger partial charge in [0.25, 0.3) is 0 Å². The third-order valence-corrected chi connectivity index (χ3v) is 4.90. The highest BCUT2D eigenvalue weighted by Crippen LogP contribution is 2.34. The van der Waals surface area contributed by atoms with Crippen LogP contribution in [0.5, 0.6) is 0 Å². The first-order valence-corrected chi connectivity index (χ1v) is 8.46. The molecule has 0 saturated heterocycles. The highest BCUT2D eigenvalue weighted by atomic mass is 19.1. The fourth-order valence-corrected chi connectivity index (χ4v) is 3.42. The van der Waals surface area contributed by atoms with E-state index >= 15 is 0 Å². The molecule has 1 aromatic rings. The maximum absolute atomic E-state index is 12.7. The van der Waals surface area contributed by atoms with E-state index in [4.69, 9.17) is 10.5 Å². The van der Waals surface area contributed by atoms with Crippen molar-refractivity contribution < 1.29 is 4.39 Å². The molecule has 1 saturated carbocycles. The van der Waals surface area contributed by atoms with Gasteiger partial charge in [-0.3, -0.25) is 0 Å². The van der Waals surface area contributed by atoms with E-state index in [2.05, 4.69) is 18.2 Å². The highest BCUT2D eigenvalue weighted by molar-refractivity contribution is 5.31. The second kappa shape index (κ2) is 9.11. The molecule has 0 N–H and O–H groups in total. The zero-order valence-corrected chi connectivity index (χ0v) is 13.5. The van der Waals surface area contributed by atoms with Gasteiger partial charge in [-0.05, 0) is 61.3 Å². The van der Waals surface area contributed by atoms with Crippen molar-refractivity contribution in [3.05, 3.63) is 47.3 Å². The summed E-state index contributed by atoms with van der Waals surface area (Å²) in [6, 6.07) is 11.6. The van der Waals surface area contributed by atoms with Crippen LogP contribution < -0.4 is 0 Å². The summed E-state index contributed by atoms with van der Waals surface area (Å²) in [7, 11) is 0. The molecule has 1 aromatic carbocycles. The zero-order chi connectivity index (χ0) is 16.5. The van der Waals surface area contributed by atoms with Gasteiger partial charge >= 0.3 is 0 Å². The van der Waals surface area contributed by atoms with Crippen LogP contribution in [0.15, 0.2) is 36.2 Å². The van der Waals surface area contributed by atoms with E-state index in [0.29, 0.717) is 12.3 Å². The third-order valence-electron chi connectivity index (χ3n) is 4.90. The Morgan fingerprint density at radius 1 is 1.04 bits per heavy atom. The molecule has 0 atom stereocenters. The summed E-state index contributed by atoms with van der Waals surface area (Å²) in [4.78, 5) is 0. The summed E-state index contributed by atoms with van der Waals surface area (Å²) in [6.45, 7) is 0. The number of benzene rings is 1. The number of aryl methyl sites for hydroxylation is 1. The molecule has 0 aliphatic heterocycles. The van der Waals surface area contributed by atoms with Crippen LogP contribution in [-0.2, 0) is 6.42 Å². The Bertz CT molecular complexity index is 596. The summed E-state index contributed by atoms with van der Waals surface area (Å²) in [5.74, 6) is 0.818. The van der Waals surface area contributed by atoms with Gasteiger partial charge in [0, 0.05) is 0 Å². The second-order valence-electron chi connectivity index (χ2n) is 6.48. The molecular formula is C20H23FN2. The molecule has 2 nitrogen and oxygen atoms in total. The monoisotopic (exact) mass is 310 g/mol. The summed E-state index contributed by atoms with van der Waals surface area (Å²) in [5.41, 5.74) is 2.03. The van der Waals surface area contributed by atoms with E-state index in [-0.39, 0.29) is 0 Å². The lowest BCUT2D eigenvalue weighted by Crippen LogP contribution is -2.15.